The number of phenols is 1. The molecule has 0 aliphatic rings. The quantitative estimate of drug-likeness (QED) is 0.484. The van der Waals surface area contributed by atoms with E-state index in [1.54, 1.807) is 18.2 Å². The normalized spacial score (nSPS) is 10.8. The molecule has 1 N–H and O–H groups in total. The molecule has 0 aliphatic heterocycles. The van der Waals surface area contributed by atoms with Gasteiger partial charge in [0.2, 0.25) is 0 Å². The van der Waals surface area contributed by atoms with Crippen LogP contribution in [0.1, 0.15) is 21.5 Å². The minimum Gasteiger partial charge on any atom is -0.507 e. The van der Waals surface area contributed by atoms with Gasteiger partial charge in [-0.05, 0) is 35.1 Å². The van der Waals surface area contributed by atoms with Gasteiger partial charge in [-0.3, -0.25) is 4.79 Å². The first-order valence-electron chi connectivity index (χ1n) is 9.80. The van der Waals surface area contributed by atoms with Gasteiger partial charge in [-0.2, -0.15) is 0 Å². The van der Waals surface area contributed by atoms with Crippen LogP contribution in [0.4, 0.5) is 0 Å². The molecule has 0 radical (unpaired) electrons. The van der Waals surface area contributed by atoms with Crippen LogP contribution in [-0.4, -0.2) is 22.5 Å². The zero-order valence-electron chi connectivity index (χ0n) is 16.2. The van der Waals surface area contributed by atoms with Crippen molar-refractivity contribution in [1.29, 1.82) is 0 Å². The fraction of sp³-hybridized carbons (Fsp3) is 0.115. The molecule has 3 nitrogen and oxygen atoms in total. The summed E-state index contributed by atoms with van der Waals surface area (Å²) in [6, 6.07) is 31.1. The Bertz CT molecular complexity index is 1100. The Hall–Kier alpha value is -3.59. The molecule has 144 valence electrons. The maximum atomic E-state index is 13.6. The highest BCUT2D eigenvalue weighted by Crippen LogP contribution is 2.29. The first kappa shape index (κ1) is 18.8. The van der Waals surface area contributed by atoms with E-state index in [0.717, 1.165) is 17.4 Å². The Morgan fingerprint density at radius 3 is 2.03 bits per heavy atom. The number of fused-ring (bicyclic) bond motifs is 1. The fourth-order valence-corrected chi connectivity index (χ4v) is 3.63. The third-order valence-corrected chi connectivity index (χ3v) is 5.13. The van der Waals surface area contributed by atoms with Gasteiger partial charge in [0.1, 0.15) is 5.75 Å². The van der Waals surface area contributed by atoms with Crippen molar-refractivity contribution in [2.45, 2.75) is 13.0 Å². The second-order valence-electron chi connectivity index (χ2n) is 7.13. The number of aromatic hydroxyl groups is 1. The van der Waals surface area contributed by atoms with Crippen LogP contribution in [0.5, 0.6) is 5.75 Å². The first-order chi connectivity index (χ1) is 14.2. The molecule has 0 fully saturated rings. The topological polar surface area (TPSA) is 40.5 Å². The van der Waals surface area contributed by atoms with Crippen LogP contribution in [0.3, 0.4) is 0 Å². The van der Waals surface area contributed by atoms with Crippen molar-refractivity contribution in [2.24, 2.45) is 0 Å². The molecule has 0 aliphatic carbocycles. The molecule has 0 atom stereocenters. The molecule has 0 bridgehead atoms. The van der Waals surface area contributed by atoms with Crippen LogP contribution in [0.2, 0.25) is 0 Å². The van der Waals surface area contributed by atoms with Gasteiger partial charge in [0, 0.05) is 18.5 Å². The van der Waals surface area contributed by atoms with Gasteiger partial charge in [-0.15, -0.1) is 0 Å². The molecule has 4 rings (SSSR count). The van der Waals surface area contributed by atoms with E-state index in [1.807, 2.05) is 71.6 Å². The van der Waals surface area contributed by atoms with Crippen molar-refractivity contribution >= 4 is 16.7 Å². The zero-order chi connectivity index (χ0) is 20.1. The first-order valence-corrected chi connectivity index (χ1v) is 9.80. The van der Waals surface area contributed by atoms with Crippen molar-refractivity contribution in [3.05, 3.63) is 114 Å². The minimum atomic E-state index is -0.0723. The standard InChI is InChI=1S/C26H23NO2/c28-24-16-8-14-22-13-7-15-23(25(22)24)26(29)27(19-21-11-5-2-6-12-21)18-17-20-9-3-1-4-10-20/h1-16,28H,17-19H2. The van der Waals surface area contributed by atoms with Gasteiger partial charge in [0.25, 0.3) is 5.91 Å². The average Bonchev–Trinajstić information content (AvgIpc) is 2.77. The number of carbonyl (C=O) groups excluding carboxylic acids is 1. The van der Waals surface area contributed by atoms with Crippen molar-refractivity contribution in [1.82, 2.24) is 4.90 Å². The molecule has 3 heteroatoms. The number of hydrogen-bond donors (Lipinski definition) is 1. The molecule has 0 saturated carbocycles. The molecule has 0 saturated heterocycles. The molecule has 0 unspecified atom stereocenters. The molecule has 0 spiro atoms. The van der Waals surface area contributed by atoms with E-state index in [9.17, 15) is 9.90 Å². The highest BCUT2D eigenvalue weighted by atomic mass is 16.3. The van der Waals surface area contributed by atoms with E-state index >= 15 is 0 Å². The summed E-state index contributed by atoms with van der Waals surface area (Å²) < 4.78 is 0. The predicted octanol–water partition coefficient (Wildman–Crippen LogP) is 5.43. The summed E-state index contributed by atoms with van der Waals surface area (Å²) in [5.74, 6) is 0.0612. The van der Waals surface area contributed by atoms with Crippen LogP contribution in [-0.2, 0) is 13.0 Å². The van der Waals surface area contributed by atoms with E-state index in [0.29, 0.717) is 24.0 Å². The number of phenolic OH excluding ortho intramolecular Hbond substituents is 1. The molecule has 0 heterocycles. The molecule has 29 heavy (non-hydrogen) atoms. The van der Waals surface area contributed by atoms with Crippen LogP contribution >= 0.6 is 0 Å². The van der Waals surface area contributed by atoms with E-state index in [-0.39, 0.29) is 11.7 Å². The summed E-state index contributed by atoms with van der Waals surface area (Å²) in [5, 5.41) is 11.9. The molecule has 1 amide bonds. The maximum Gasteiger partial charge on any atom is 0.254 e. The summed E-state index contributed by atoms with van der Waals surface area (Å²) >= 11 is 0. The van der Waals surface area contributed by atoms with E-state index in [1.165, 1.54) is 5.56 Å². The van der Waals surface area contributed by atoms with Crippen molar-refractivity contribution in [3.8, 4) is 5.75 Å². The third kappa shape index (κ3) is 4.30. The maximum absolute atomic E-state index is 13.6. The molecule has 4 aromatic carbocycles. The summed E-state index contributed by atoms with van der Waals surface area (Å²) in [6.07, 6.45) is 0.774. The highest BCUT2D eigenvalue weighted by molar-refractivity contribution is 6.09. The number of nitrogens with zero attached hydrogens (tertiary/aromatic N) is 1. The second kappa shape index (κ2) is 8.61. The van der Waals surface area contributed by atoms with Crippen LogP contribution in [0, 0.1) is 0 Å². The summed E-state index contributed by atoms with van der Waals surface area (Å²) in [7, 11) is 0. The van der Waals surface area contributed by atoms with E-state index in [4.69, 9.17) is 0 Å². The van der Waals surface area contributed by atoms with Crippen LogP contribution in [0.25, 0.3) is 10.8 Å². The largest absolute Gasteiger partial charge is 0.507 e. The van der Waals surface area contributed by atoms with Crippen molar-refractivity contribution < 1.29 is 9.90 Å². The monoisotopic (exact) mass is 381 g/mol. The Balaban J connectivity index is 1.67. The minimum absolute atomic E-state index is 0.0723. The van der Waals surface area contributed by atoms with Crippen molar-refractivity contribution in [3.63, 3.8) is 0 Å². The van der Waals surface area contributed by atoms with Gasteiger partial charge in [0.15, 0.2) is 0 Å². The van der Waals surface area contributed by atoms with Crippen LogP contribution in [0.15, 0.2) is 97.1 Å². The Labute approximate surface area is 170 Å². The summed E-state index contributed by atoms with van der Waals surface area (Å²) in [5.41, 5.74) is 2.81. The lowest BCUT2D eigenvalue weighted by molar-refractivity contribution is 0.0747. The van der Waals surface area contributed by atoms with E-state index in [2.05, 4.69) is 12.1 Å². The number of carbonyl (C=O) groups is 1. The predicted molar refractivity (Wildman–Crippen MR) is 117 cm³/mol. The second-order valence-corrected chi connectivity index (χ2v) is 7.13. The van der Waals surface area contributed by atoms with Crippen molar-refractivity contribution in [2.75, 3.05) is 6.54 Å². The lowest BCUT2D eigenvalue weighted by atomic mass is 10.0. The number of benzene rings is 4. The SMILES string of the molecule is O=C(c1cccc2cccc(O)c12)N(CCc1ccccc1)Cc1ccccc1. The average molecular weight is 381 g/mol. The lowest BCUT2D eigenvalue weighted by Crippen LogP contribution is -2.32. The van der Waals surface area contributed by atoms with Gasteiger partial charge in [-0.25, -0.2) is 0 Å². The summed E-state index contributed by atoms with van der Waals surface area (Å²) in [4.78, 5) is 15.4. The van der Waals surface area contributed by atoms with Gasteiger partial charge < -0.3 is 10.0 Å². The molecular formula is C26H23NO2. The highest BCUT2D eigenvalue weighted by Gasteiger charge is 2.20. The van der Waals surface area contributed by atoms with E-state index < -0.39 is 0 Å². The van der Waals surface area contributed by atoms with Crippen LogP contribution < -0.4 is 0 Å². The summed E-state index contributed by atoms with van der Waals surface area (Å²) in [6.45, 7) is 1.12. The fourth-order valence-electron chi connectivity index (χ4n) is 3.63. The van der Waals surface area contributed by atoms with Gasteiger partial charge in [-0.1, -0.05) is 84.9 Å². The smallest absolute Gasteiger partial charge is 0.254 e. The van der Waals surface area contributed by atoms with Gasteiger partial charge >= 0.3 is 0 Å². The molecule has 4 aromatic rings. The molecular weight excluding hydrogens is 358 g/mol. The number of hydrogen-bond acceptors (Lipinski definition) is 2. The zero-order valence-corrected chi connectivity index (χ0v) is 16.2. The number of rotatable bonds is 6. The third-order valence-electron chi connectivity index (χ3n) is 5.13. The Morgan fingerprint density at radius 2 is 1.34 bits per heavy atom. The Morgan fingerprint density at radius 1 is 0.724 bits per heavy atom. The van der Waals surface area contributed by atoms with Gasteiger partial charge in [0.05, 0.1) is 5.56 Å². The Kier molecular flexibility index (Phi) is 5.57. The number of amides is 1. The molecule has 0 aromatic heterocycles. The lowest BCUT2D eigenvalue weighted by Gasteiger charge is -2.24.